The van der Waals surface area contributed by atoms with Gasteiger partial charge in [-0.25, -0.2) is 0 Å². The summed E-state index contributed by atoms with van der Waals surface area (Å²) in [5.41, 5.74) is 9.00. The largest absolute Gasteiger partial charge is 0.372 e. The molecule has 3 saturated heterocycles. The number of nitrogens with zero attached hydrogens (tertiary/aromatic N) is 2. The van der Waals surface area contributed by atoms with E-state index in [1.54, 1.807) is 0 Å². The lowest BCUT2D eigenvalue weighted by Crippen LogP contribution is -2.47. The predicted octanol–water partition coefficient (Wildman–Crippen LogP) is 3.14. The molecule has 3 heteroatoms. The molecule has 3 aliphatic rings. The molecule has 3 aliphatic heterocycles. The number of piperidine rings is 2. The van der Waals surface area contributed by atoms with Gasteiger partial charge in [0.2, 0.25) is 0 Å². The molecule has 2 N–H and O–H groups in total. The van der Waals surface area contributed by atoms with Crippen molar-refractivity contribution in [2.45, 2.75) is 63.1 Å². The first-order valence-corrected chi connectivity index (χ1v) is 8.70. The third kappa shape index (κ3) is 2.52. The van der Waals surface area contributed by atoms with Crippen LogP contribution in [0.25, 0.3) is 0 Å². The Kier molecular flexibility index (Phi) is 3.54. The Balaban J connectivity index is 1.51. The number of hydrogen-bond donors (Lipinski definition) is 1. The zero-order valence-corrected chi connectivity index (χ0v) is 12.9. The van der Waals surface area contributed by atoms with Crippen LogP contribution in [0, 0.1) is 0 Å². The topological polar surface area (TPSA) is 32.5 Å². The molecule has 114 valence electrons. The summed E-state index contributed by atoms with van der Waals surface area (Å²) in [6.45, 7) is 2.45. The van der Waals surface area contributed by atoms with Crippen LogP contribution in [0.4, 0.5) is 11.4 Å². The Labute approximate surface area is 128 Å². The first-order valence-electron chi connectivity index (χ1n) is 8.70. The summed E-state index contributed by atoms with van der Waals surface area (Å²) < 4.78 is 0. The van der Waals surface area contributed by atoms with E-state index in [-0.39, 0.29) is 0 Å². The van der Waals surface area contributed by atoms with Gasteiger partial charge in [-0.2, -0.15) is 0 Å². The van der Waals surface area contributed by atoms with Crippen LogP contribution in [0.2, 0.25) is 0 Å². The van der Waals surface area contributed by atoms with Crippen molar-refractivity contribution in [3.8, 4) is 0 Å². The van der Waals surface area contributed by atoms with Crippen molar-refractivity contribution in [1.29, 1.82) is 0 Å². The van der Waals surface area contributed by atoms with E-state index in [9.17, 15) is 0 Å². The number of hydrogen-bond acceptors (Lipinski definition) is 3. The summed E-state index contributed by atoms with van der Waals surface area (Å²) in [7, 11) is 0. The highest BCUT2D eigenvalue weighted by molar-refractivity contribution is 5.58. The van der Waals surface area contributed by atoms with Crippen molar-refractivity contribution in [3.63, 3.8) is 0 Å². The lowest BCUT2D eigenvalue weighted by molar-refractivity contribution is 0.414. The highest BCUT2D eigenvalue weighted by Crippen LogP contribution is 2.39. The number of fused-ring (bicyclic) bond motifs is 2. The lowest BCUT2D eigenvalue weighted by Gasteiger charge is -2.39. The van der Waals surface area contributed by atoms with Gasteiger partial charge in [0, 0.05) is 42.6 Å². The van der Waals surface area contributed by atoms with Crippen LogP contribution in [-0.4, -0.2) is 31.2 Å². The van der Waals surface area contributed by atoms with Crippen molar-refractivity contribution in [3.05, 3.63) is 24.3 Å². The van der Waals surface area contributed by atoms with Gasteiger partial charge in [-0.05, 0) is 69.2 Å². The second kappa shape index (κ2) is 5.53. The molecule has 0 radical (unpaired) electrons. The van der Waals surface area contributed by atoms with Gasteiger partial charge in [0.15, 0.2) is 0 Å². The maximum atomic E-state index is 6.18. The molecular formula is C18H27N3. The minimum Gasteiger partial charge on any atom is -0.372 e. The van der Waals surface area contributed by atoms with E-state index in [2.05, 4.69) is 34.1 Å². The summed E-state index contributed by atoms with van der Waals surface area (Å²) in [5.74, 6) is 0. The Hall–Kier alpha value is -1.22. The summed E-state index contributed by atoms with van der Waals surface area (Å²) >= 11 is 0. The minimum atomic E-state index is 0.423. The molecular weight excluding hydrogens is 258 g/mol. The third-order valence-corrected chi connectivity index (χ3v) is 5.64. The van der Waals surface area contributed by atoms with Gasteiger partial charge in [-0.15, -0.1) is 0 Å². The first-order chi connectivity index (χ1) is 10.3. The predicted molar refractivity (Wildman–Crippen MR) is 89.0 cm³/mol. The number of anilines is 2. The average molecular weight is 285 g/mol. The number of nitrogens with two attached hydrogens (primary N) is 1. The highest BCUT2D eigenvalue weighted by atomic mass is 15.2. The quantitative estimate of drug-likeness (QED) is 0.906. The van der Waals surface area contributed by atoms with E-state index < -0.39 is 0 Å². The molecule has 3 fully saturated rings. The fraction of sp³-hybridized carbons (Fsp3) is 0.667. The van der Waals surface area contributed by atoms with Gasteiger partial charge in [0.05, 0.1) is 0 Å². The molecule has 21 heavy (non-hydrogen) atoms. The molecule has 0 spiro atoms. The zero-order chi connectivity index (χ0) is 14.2. The van der Waals surface area contributed by atoms with Crippen molar-refractivity contribution >= 4 is 11.4 Å². The van der Waals surface area contributed by atoms with E-state index >= 15 is 0 Å². The molecule has 0 aromatic heterocycles. The minimum absolute atomic E-state index is 0.423. The van der Waals surface area contributed by atoms with Crippen LogP contribution >= 0.6 is 0 Å². The SMILES string of the molecule is NC1CC2CCC(C1)N2c1ccc(N2CCCCC2)cc1. The van der Waals surface area contributed by atoms with Gasteiger partial charge in [0.25, 0.3) is 0 Å². The van der Waals surface area contributed by atoms with Crippen molar-refractivity contribution in [2.24, 2.45) is 5.73 Å². The fourth-order valence-corrected chi connectivity index (χ4v) is 4.63. The summed E-state index contributed by atoms with van der Waals surface area (Å²) in [4.78, 5) is 5.19. The molecule has 0 aliphatic carbocycles. The van der Waals surface area contributed by atoms with Gasteiger partial charge in [0.1, 0.15) is 0 Å². The van der Waals surface area contributed by atoms with Gasteiger partial charge in [-0.3, -0.25) is 0 Å². The Morgan fingerprint density at radius 3 is 2.00 bits per heavy atom. The molecule has 0 saturated carbocycles. The van der Waals surface area contributed by atoms with Crippen LogP contribution in [0.1, 0.15) is 44.9 Å². The molecule has 2 atom stereocenters. The van der Waals surface area contributed by atoms with E-state index in [1.807, 2.05) is 0 Å². The zero-order valence-electron chi connectivity index (χ0n) is 12.9. The smallest absolute Gasteiger partial charge is 0.0372 e. The number of rotatable bonds is 2. The summed E-state index contributed by atoms with van der Waals surface area (Å²) in [6, 6.07) is 11.1. The van der Waals surface area contributed by atoms with Crippen LogP contribution in [0.3, 0.4) is 0 Å². The molecule has 1 aromatic carbocycles. The van der Waals surface area contributed by atoms with Gasteiger partial charge in [-0.1, -0.05) is 0 Å². The van der Waals surface area contributed by atoms with Crippen LogP contribution < -0.4 is 15.5 Å². The van der Waals surface area contributed by atoms with E-state index in [4.69, 9.17) is 5.73 Å². The van der Waals surface area contributed by atoms with Crippen molar-refractivity contribution < 1.29 is 0 Å². The molecule has 3 heterocycles. The van der Waals surface area contributed by atoms with E-state index in [0.717, 1.165) is 0 Å². The van der Waals surface area contributed by atoms with Crippen molar-refractivity contribution in [2.75, 3.05) is 22.9 Å². The van der Waals surface area contributed by atoms with Gasteiger partial charge >= 0.3 is 0 Å². The van der Waals surface area contributed by atoms with E-state index in [0.29, 0.717) is 18.1 Å². The van der Waals surface area contributed by atoms with E-state index in [1.165, 1.54) is 69.4 Å². The molecule has 2 unspecified atom stereocenters. The average Bonchev–Trinajstić information content (AvgIpc) is 2.80. The Morgan fingerprint density at radius 2 is 1.38 bits per heavy atom. The molecule has 1 aromatic rings. The molecule has 0 amide bonds. The van der Waals surface area contributed by atoms with Crippen LogP contribution in [-0.2, 0) is 0 Å². The van der Waals surface area contributed by atoms with Gasteiger partial charge < -0.3 is 15.5 Å². The maximum Gasteiger partial charge on any atom is 0.0372 e. The molecule has 2 bridgehead atoms. The Morgan fingerprint density at radius 1 is 0.810 bits per heavy atom. The van der Waals surface area contributed by atoms with Crippen molar-refractivity contribution in [1.82, 2.24) is 0 Å². The summed E-state index contributed by atoms with van der Waals surface area (Å²) in [6.07, 6.45) is 9.07. The molecule has 3 nitrogen and oxygen atoms in total. The highest BCUT2D eigenvalue weighted by Gasteiger charge is 2.39. The fourth-order valence-electron chi connectivity index (χ4n) is 4.63. The first kappa shape index (κ1) is 13.4. The normalized spacial score (nSPS) is 32.5. The standard InChI is InChI=1S/C18H27N3/c19-14-12-17-8-9-18(13-14)21(17)16-6-4-15(5-7-16)20-10-2-1-3-11-20/h4-7,14,17-18H,1-3,8-13,19H2. The third-order valence-electron chi connectivity index (χ3n) is 5.64. The monoisotopic (exact) mass is 285 g/mol. The van der Waals surface area contributed by atoms with Crippen LogP contribution in [0.5, 0.6) is 0 Å². The summed E-state index contributed by atoms with van der Waals surface area (Å²) in [5, 5.41) is 0. The second-order valence-electron chi connectivity index (χ2n) is 7.09. The lowest BCUT2D eigenvalue weighted by atomic mass is 9.97. The molecule has 4 rings (SSSR count). The maximum absolute atomic E-state index is 6.18. The number of benzene rings is 1. The van der Waals surface area contributed by atoms with Crippen LogP contribution in [0.15, 0.2) is 24.3 Å². The Bertz CT molecular complexity index is 464. The second-order valence-corrected chi connectivity index (χ2v) is 7.09.